The van der Waals surface area contributed by atoms with Gasteiger partial charge >= 0.3 is 6.09 Å². The van der Waals surface area contributed by atoms with Crippen LogP contribution < -0.4 is 0 Å². The Balaban J connectivity index is 1.65. The molecule has 2 aromatic rings. The molecule has 0 saturated carbocycles. The fourth-order valence-electron chi connectivity index (χ4n) is 3.37. The third kappa shape index (κ3) is 4.13. The molecule has 2 amide bonds. The molecule has 7 nitrogen and oxygen atoms in total. The summed E-state index contributed by atoms with van der Waals surface area (Å²) >= 11 is 0. The van der Waals surface area contributed by atoms with Gasteiger partial charge in [0.2, 0.25) is 5.91 Å². The molecule has 7 heteroatoms. The van der Waals surface area contributed by atoms with Crippen molar-refractivity contribution in [2.75, 3.05) is 32.8 Å². The monoisotopic (exact) mass is 370 g/mol. The van der Waals surface area contributed by atoms with Gasteiger partial charge in [0, 0.05) is 37.4 Å². The second kappa shape index (κ2) is 8.24. The van der Waals surface area contributed by atoms with Crippen LogP contribution in [0.25, 0.3) is 5.69 Å². The molecule has 0 N–H and O–H groups in total. The molecule has 0 atom stereocenters. The summed E-state index contributed by atoms with van der Waals surface area (Å²) in [6, 6.07) is 9.91. The number of amides is 2. The molecule has 3 rings (SSSR count). The highest BCUT2D eigenvalue weighted by Crippen LogP contribution is 2.19. The molecule has 1 fully saturated rings. The van der Waals surface area contributed by atoms with E-state index in [0.29, 0.717) is 39.2 Å². The normalized spacial score (nSPS) is 14.3. The van der Waals surface area contributed by atoms with Crippen molar-refractivity contribution in [1.82, 2.24) is 19.6 Å². The minimum absolute atomic E-state index is 0.0670. The average molecular weight is 370 g/mol. The molecule has 0 radical (unpaired) electrons. The van der Waals surface area contributed by atoms with Gasteiger partial charge < -0.3 is 14.5 Å². The summed E-state index contributed by atoms with van der Waals surface area (Å²) in [5.74, 6) is 0.0670. The lowest BCUT2D eigenvalue weighted by atomic mass is 10.1. The third-order valence-electron chi connectivity index (χ3n) is 4.93. The summed E-state index contributed by atoms with van der Waals surface area (Å²) in [5, 5.41) is 4.61. The number of rotatable bonds is 4. The van der Waals surface area contributed by atoms with Crippen LogP contribution in [0.3, 0.4) is 0 Å². The van der Waals surface area contributed by atoms with Crippen LogP contribution in [0.1, 0.15) is 23.9 Å². The number of ether oxygens (including phenoxy) is 1. The zero-order valence-electron chi connectivity index (χ0n) is 16.1. The van der Waals surface area contributed by atoms with Gasteiger partial charge in [-0.15, -0.1) is 0 Å². The lowest BCUT2D eigenvalue weighted by Crippen LogP contribution is -2.51. The first-order valence-electron chi connectivity index (χ1n) is 9.31. The fourth-order valence-corrected chi connectivity index (χ4v) is 3.37. The smallest absolute Gasteiger partial charge is 0.409 e. The molecule has 1 aromatic heterocycles. The molecule has 0 aliphatic carbocycles. The standard InChI is InChI=1S/C20H26N4O3/c1-4-27-20(26)23-12-10-22(11-13-23)19(25)14-18-15(2)21-24(16(18)3)17-8-6-5-7-9-17/h5-9H,4,10-14H2,1-3H3. The van der Waals surface area contributed by atoms with Crippen LogP contribution in [0.5, 0.6) is 0 Å². The molecule has 1 aliphatic heterocycles. The zero-order chi connectivity index (χ0) is 19.4. The Morgan fingerprint density at radius 3 is 2.30 bits per heavy atom. The molecular formula is C20H26N4O3. The Labute approximate surface area is 159 Å². The van der Waals surface area contributed by atoms with Gasteiger partial charge in [-0.2, -0.15) is 5.10 Å². The van der Waals surface area contributed by atoms with Gasteiger partial charge in [-0.05, 0) is 32.9 Å². The maximum atomic E-state index is 12.8. The predicted octanol–water partition coefficient (Wildman–Crippen LogP) is 2.33. The number of aryl methyl sites for hydroxylation is 1. The average Bonchev–Trinajstić information content (AvgIpc) is 2.97. The van der Waals surface area contributed by atoms with Crippen LogP contribution in [-0.4, -0.2) is 64.4 Å². The van der Waals surface area contributed by atoms with Gasteiger partial charge in [0.05, 0.1) is 24.4 Å². The Morgan fingerprint density at radius 1 is 1.04 bits per heavy atom. The van der Waals surface area contributed by atoms with E-state index in [9.17, 15) is 9.59 Å². The van der Waals surface area contributed by atoms with Gasteiger partial charge in [0.15, 0.2) is 0 Å². The fraction of sp³-hybridized carbons (Fsp3) is 0.450. The van der Waals surface area contributed by atoms with Crippen molar-refractivity contribution in [3.8, 4) is 5.69 Å². The molecular weight excluding hydrogens is 344 g/mol. The van der Waals surface area contributed by atoms with Crippen LogP contribution in [0.4, 0.5) is 4.79 Å². The molecule has 27 heavy (non-hydrogen) atoms. The summed E-state index contributed by atoms with van der Waals surface area (Å²) in [4.78, 5) is 28.0. The highest BCUT2D eigenvalue weighted by atomic mass is 16.6. The van der Waals surface area contributed by atoms with E-state index in [1.165, 1.54) is 0 Å². The van der Waals surface area contributed by atoms with Gasteiger partial charge in [0.25, 0.3) is 0 Å². The van der Waals surface area contributed by atoms with Gasteiger partial charge in [-0.25, -0.2) is 9.48 Å². The van der Waals surface area contributed by atoms with E-state index in [4.69, 9.17) is 4.74 Å². The minimum Gasteiger partial charge on any atom is -0.450 e. The van der Waals surface area contributed by atoms with Crippen molar-refractivity contribution in [2.45, 2.75) is 27.2 Å². The molecule has 1 aromatic carbocycles. The van der Waals surface area contributed by atoms with E-state index < -0.39 is 0 Å². The predicted molar refractivity (Wildman–Crippen MR) is 102 cm³/mol. The van der Waals surface area contributed by atoms with Crippen LogP contribution in [-0.2, 0) is 16.0 Å². The summed E-state index contributed by atoms with van der Waals surface area (Å²) < 4.78 is 6.91. The molecule has 1 aliphatic rings. The second-order valence-electron chi connectivity index (χ2n) is 6.64. The number of carbonyl (C=O) groups is 2. The van der Waals surface area contributed by atoms with Crippen LogP contribution >= 0.6 is 0 Å². The topological polar surface area (TPSA) is 67.7 Å². The summed E-state index contributed by atoms with van der Waals surface area (Å²) in [6.07, 6.45) is 0.0182. The van der Waals surface area contributed by atoms with Crippen LogP contribution in [0, 0.1) is 13.8 Å². The van der Waals surface area contributed by atoms with Crippen LogP contribution in [0.2, 0.25) is 0 Å². The highest BCUT2D eigenvalue weighted by Gasteiger charge is 2.26. The number of para-hydroxylation sites is 1. The second-order valence-corrected chi connectivity index (χ2v) is 6.64. The first-order valence-corrected chi connectivity index (χ1v) is 9.31. The first-order chi connectivity index (χ1) is 13.0. The van der Waals surface area contributed by atoms with Crippen molar-refractivity contribution < 1.29 is 14.3 Å². The number of benzene rings is 1. The van der Waals surface area contributed by atoms with E-state index in [2.05, 4.69) is 5.10 Å². The Kier molecular flexibility index (Phi) is 5.78. The largest absolute Gasteiger partial charge is 0.450 e. The SMILES string of the molecule is CCOC(=O)N1CCN(C(=O)Cc2c(C)nn(-c3ccccc3)c2C)CC1. The van der Waals surface area contributed by atoms with Crippen LogP contribution in [0.15, 0.2) is 30.3 Å². The lowest BCUT2D eigenvalue weighted by molar-refractivity contribution is -0.132. The highest BCUT2D eigenvalue weighted by molar-refractivity contribution is 5.80. The van der Waals surface area contributed by atoms with Gasteiger partial charge in [-0.3, -0.25) is 4.79 Å². The minimum atomic E-state index is -0.305. The molecule has 0 spiro atoms. The molecule has 2 heterocycles. The number of piperazine rings is 1. The Bertz CT molecular complexity index is 808. The van der Waals surface area contributed by atoms with E-state index in [-0.39, 0.29) is 12.0 Å². The van der Waals surface area contributed by atoms with Crippen molar-refractivity contribution in [3.63, 3.8) is 0 Å². The van der Waals surface area contributed by atoms with E-state index in [1.54, 1.807) is 11.8 Å². The van der Waals surface area contributed by atoms with Crippen molar-refractivity contribution in [3.05, 3.63) is 47.3 Å². The van der Waals surface area contributed by atoms with Crippen molar-refractivity contribution in [2.24, 2.45) is 0 Å². The Hall–Kier alpha value is -2.83. The first kappa shape index (κ1) is 18.9. The number of aromatic nitrogens is 2. The summed E-state index contributed by atoms with van der Waals surface area (Å²) in [6.45, 7) is 8.16. The lowest BCUT2D eigenvalue weighted by Gasteiger charge is -2.34. The molecule has 0 unspecified atom stereocenters. The van der Waals surface area contributed by atoms with E-state index in [1.807, 2.05) is 53.8 Å². The number of hydrogen-bond donors (Lipinski definition) is 0. The Morgan fingerprint density at radius 2 is 1.67 bits per heavy atom. The maximum Gasteiger partial charge on any atom is 0.409 e. The quantitative estimate of drug-likeness (QED) is 0.828. The van der Waals surface area contributed by atoms with E-state index in [0.717, 1.165) is 22.6 Å². The summed E-state index contributed by atoms with van der Waals surface area (Å²) in [5.41, 5.74) is 3.81. The van der Waals surface area contributed by atoms with Crippen molar-refractivity contribution in [1.29, 1.82) is 0 Å². The zero-order valence-corrected chi connectivity index (χ0v) is 16.1. The van der Waals surface area contributed by atoms with Crippen molar-refractivity contribution >= 4 is 12.0 Å². The molecule has 0 bridgehead atoms. The number of nitrogens with zero attached hydrogens (tertiary/aromatic N) is 4. The molecule has 1 saturated heterocycles. The third-order valence-corrected chi connectivity index (χ3v) is 4.93. The molecule has 144 valence electrons. The van der Waals surface area contributed by atoms with Gasteiger partial charge in [0.1, 0.15) is 0 Å². The summed E-state index contributed by atoms with van der Waals surface area (Å²) in [7, 11) is 0. The number of hydrogen-bond acceptors (Lipinski definition) is 4. The van der Waals surface area contributed by atoms with Gasteiger partial charge in [-0.1, -0.05) is 18.2 Å². The van der Waals surface area contributed by atoms with E-state index >= 15 is 0 Å². The maximum absolute atomic E-state index is 12.8. The number of carbonyl (C=O) groups excluding carboxylic acids is 2.